The van der Waals surface area contributed by atoms with Gasteiger partial charge in [-0.05, 0) is 32.0 Å². The molecule has 20 heavy (non-hydrogen) atoms. The first-order chi connectivity index (χ1) is 9.53. The third-order valence-corrected chi connectivity index (χ3v) is 3.59. The van der Waals surface area contributed by atoms with Gasteiger partial charge in [0, 0.05) is 25.4 Å². The number of nitrogens with one attached hydrogen (secondary N) is 1. The Kier molecular flexibility index (Phi) is 4.35. The van der Waals surface area contributed by atoms with Gasteiger partial charge in [-0.15, -0.1) is 6.58 Å². The molecule has 1 aromatic carbocycles. The first kappa shape index (κ1) is 14.9. The molecule has 1 aliphatic heterocycles. The van der Waals surface area contributed by atoms with Gasteiger partial charge in [0.25, 0.3) is 0 Å². The fourth-order valence-corrected chi connectivity index (χ4v) is 2.60. The number of anilines is 1. The summed E-state index contributed by atoms with van der Waals surface area (Å²) in [6.45, 7) is 8.20. The molecule has 0 radical (unpaired) electrons. The lowest BCUT2D eigenvalue weighted by molar-refractivity contribution is -0.148. The van der Waals surface area contributed by atoms with Gasteiger partial charge < -0.3 is 19.5 Å². The van der Waals surface area contributed by atoms with Gasteiger partial charge in [0.15, 0.2) is 0 Å². The number of ether oxygens (including phenoxy) is 3. The summed E-state index contributed by atoms with van der Waals surface area (Å²) in [4.78, 5) is 0. The molecule has 0 aliphatic carbocycles. The van der Waals surface area contributed by atoms with Crippen molar-refractivity contribution in [3.8, 4) is 5.75 Å². The second kappa shape index (κ2) is 5.85. The smallest absolute Gasteiger partial charge is 0.132 e. The van der Waals surface area contributed by atoms with E-state index in [1.165, 1.54) is 0 Å². The van der Waals surface area contributed by atoms with Crippen LogP contribution in [0.5, 0.6) is 5.75 Å². The summed E-state index contributed by atoms with van der Waals surface area (Å²) in [5.74, 6) is 0.847. The maximum absolute atomic E-state index is 6.09. The summed E-state index contributed by atoms with van der Waals surface area (Å²) in [7, 11) is 3.59. The molecule has 1 aliphatic rings. The lowest BCUT2D eigenvalue weighted by atomic mass is 9.88. The summed E-state index contributed by atoms with van der Waals surface area (Å²) in [6.07, 6.45) is 1.38. The van der Waals surface area contributed by atoms with E-state index in [9.17, 15) is 0 Å². The minimum atomic E-state index is -0.460. The number of hydrogen-bond donors (Lipinski definition) is 1. The van der Waals surface area contributed by atoms with E-state index < -0.39 is 5.60 Å². The van der Waals surface area contributed by atoms with E-state index in [0.717, 1.165) is 17.0 Å². The number of benzene rings is 1. The Bertz CT molecular complexity index is 485. The van der Waals surface area contributed by atoms with Crippen LogP contribution in [0, 0.1) is 0 Å². The first-order valence-electron chi connectivity index (χ1n) is 6.79. The predicted molar refractivity (Wildman–Crippen MR) is 80.4 cm³/mol. The highest BCUT2D eigenvalue weighted by Gasteiger charge is 2.45. The summed E-state index contributed by atoms with van der Waals surface area (Å²) < 4.78 is 17.7. The van der Waals surface area contributed by atoms with Crippen LogP contribution in [0.2, 0.25) is 0 Å². The summed E-state index contributed by atoms with van der Waals surface area (Å²) in [6, 6.07) is 6.01. The molecule has 1 aromatic rings. The fourth-order valence-electron chi connectivity index (χ4n) is 2.60. The lowest BCUT2D eigenvalue weighted by Crippen LogP contribution is -2.50. The molecular formula is C16H23NO3. The second-order valence-electron chi connectivity index (χ2n) is 5.41. The molecule has 0 saturated carbocycles. The van der Waals surface area contributed by atoms with Crippen LogP contribution in [0.15, 0.2) is 30.9 Å². The van der Waals surface area contributed by atoms with Crippen molar-refractivity contribution in [1.29, 1.82) is 0 Å². The molecule has 0 fully saturated rings. The Morgan fingerprint density at radius 1 is 1.45 bits per heavy atom. The average molecular weight is 277 g/mol. The van der Waals surface area contributed by atoms with Crippen molar-refractivity contribution in [3.63, 3.8) is 0 Å². The molecule has 1 heterocycles. The van der Waals surface area contributed by atoms with Gasteiger partial charge in [0.05, 0.1) is 6.61 Å². The first-order valence-corrected chi connectivity index (χ1v) is 6.79. The second-order valence-corrected chi connectivity index (χ2v) is 5.41. The Hall–Kier alpha value is -1.52. The van der Waals surface area contributed by atoms with Crippen LogP contribution in [0.3, 0.4) is 0 Å². The summed E-state index contributed by atoms with van der Waals surface area (Å²) >= 11 is 0. The van der Waals surface area contributed by atoms with Crippen LogP contribution in [-0.2, 0) is 9.47 Å². The van der Waals surface area contributed by atoms with Gasteiger partial charge >= 0.3 is 0 Å². The quantitative estimate of drug-likeness (QED) is 0.839. The van der Waals surface area contributed by atoms with Crippen molar-refractivity contribution >= 4 is 5.69 Å². The number of methoxy groups -OCH3 is 1. The highest BCUT2D eigenvalue weighted by molar-refractivity contribution is 5.53. The predicted octanol–water partition coefficient (Wildman–Crippen LogP) is 3.16. The molecule has 4 heteroatoms. The van der Waals surface area contributed by atoms with Crippen LogP contribution in [0.1, 0.15) is 25.5 Å². The van der Waals surface area contributed by atoms with Crippen molar-refractivity contribution in [2.75, 3.05) is 26.1 Å². The Morgan fingerprint density at radius 3 is 2.80 bits per heavy atom. The molecule has 110 valence electrons. The molecule has 0 aromatic heterocycles. The SMILES string of the molecule is C=CCOC1C(OC)c2cc(NC)ccc2OC1(C)C. The molecule has 2 atom stereocenters. The van der Waals surface area contributed by atoms with Crippen molar-refractivity contribution in [2.45, 2.75) is 31.7 Å². The van der Waals surface area contributed by atoms with E-state index in [4.69, 9.17) is 14.2 Å². The highest BCUT2D eigenvalue weighted by atomic mass is 16.6. The largest absolute Gasteiger partial charge is 0.485 e. The number of fused-ring (bicyclic) bond motifs is 1. The van der Waals surface area contributed by atoms with E-state index >= 15 is 0 Å². The topological polar surface area (TPSA) is 39.7 Å². The van der Waals surface area contributed by atoms with Crippen LogP contribution < -0.4 is 10.1 Å². The minimum absolute atomic E-state index is 0.165. The van der Waals surface area contributed by atoms with E-state index in [2.05, 4.69) is 11.9 Å². The van der Waals surface area contributed by atoms with Crippen LogP contribution >= 0.6 is 0 Å². The Morgan fingerprint density at radius 2 is 2.20 bits per heavy atom. The van der Waals surface area contributed by atoms with Gasteiger partial charge in [-0.3, -0.25) is 0 Å². The van der Waals surface area contributed by atoms with E-state index in [1.807, 2.05) is 39.1 Å². The monoisotopic (exact) mass is 277 g/mol. The fraction of sp³-hybridized carbons (Fsp3) is 0.500. The average Bonchev–Trinajstić information content (AvgIpc) is 2.43. The van der Waals surface area contributed by atoms with Crippen molar-refractivity contribution in [2.24, 2.45) is 0 Å². The van der Waals surface area contributed by atoms with E-state index in [1.54, 1.807) is 13.2 Å². The van der Waals surface area contributed by atoms with Gasteiger partial charge in [0.2, 0.25) is 0 Å². The van der Waals surface area contributed by atoms with Crippen LogP contribution in [-0.4, -0.2) is 32.5 Å². The standard InChI is InChI=1S/C16H23NO3/c1-6-9-19-15-14(18-5)12-10-11(17-4)7-8-13(12)20-16(15,2)3/h6-8,10,14-15,17H,1,9H2,2-5H3. The molecule has 2 rings (SSSR count). The van der Waals surface area contributed by atoms with Gasteiger partial charge in [-0.1, -0.05) is 6.08 Å². The maximum atomic E-state index is 6.09. The van der Waals surface area contributed by atoms with E-state index in [0.29, 0.717) is 6.61 Å². The molecule has 0 bridgehead atoms. The maximum Gasteiger partial charge on any atom is 0.132 e. The number of rotatable bonds is 5. The van der Waals surface area contributed by atoms with Gasteiger partial charge in [-0.25, -0.2) is 0 Å². The zero-order valence-corrected chi connectivity index (χ0v) is 12.6. The van der Waals surface area contributed by atoms with Crippen molar-refractivity contribution in [1.82, 2.24) is 0 Å². The molecular weight excluding hydrogens is 254 g/mol. The normalized spacial score (nSPS) is 23.6. The van der Waals surface area contributed by atoms with Gasteiger partial charge in [0.1, 0.15) is 23.6 Å². The zero-order valence-electron chi connectivity index (χ0n) is 12.6. The van der Waals surface area contributed by atoms with Crippen LogP contribution in [0.4, 0.5) is 5.69 Å². The van der Waals surface area contributed by atoms with Gasteiger partial charge in [-0.2, -0.15) is 0 Å². The molecule has 0 spiro atoms. The third kappa shape index (κ3) is 2.67. The Labute approximate surface area is 120 Å². The zero-order chi connectivity index (χ0) is 14.8. The molecule has 2 unspecified atom stereocenters. The Balaban J connectivity index is 2.42. The lowest BCUT2D eigenvalue weighted by Gasteiger charge is -2.43. The molecule has 0 saturated heterocycles. The molecule has 0 amide bonds. The van der Waals surface area contributed by atoms with Crippen molar-refractivity contribution < 1.29 is 14.2 Å². The molecule has 4 nitrogen and oxygen atoms in total. The minimum Gasteiger partial charge on any atom is -0.485 e. The third-order valence-electron chi connectivity index (χ3n) is 3.59. The van der Waals surface area contributed by atoms with E-state index in [-0.39, 0.29) is 12.2 Å². The number of hydrogen-bond acceptors (Lipinski definition) is 4. The highest BCUT2D eigenvalue weighted by Crippen LogP contribution is 2.43. The summed E-state index contributed by atoms with van der Waals surface area (Å²) in [5, 5.41) is 3.13. The van der Waals surface area contributed by atoms with Crippen LogP contribution in [0.25, 0.3) is 0 Å². The van der Waals surface area contributed by atoms with Crippen molar-refractivity contribution in [3.05, 3.63) is 36.4 Å². The summed E-state index contributed by atoms with van der Waals surface area (Å²) in [5.41, 5.74) is 1.57. The molecule has 1 N–H and O–H groups in total.